The number of phenols is 2. The second-order valence-electron chi connectivity index (χ2n) is 9.35. The largest absolute Gasteiger partial charge is 0.505 e. The molecule has 0 heterocycles. The van der Waals surface area contributed by atoms with E-state index < -0.39 is 74.1 Å². The normalized spacial score (nSPS) is 11.7. The smallest absolute Gasteiger partial charge is 0.319 e. The van der Waals surface area contributed by atoms with Crippen molar-refractivity contribution < 1.29 is 46.0 Å². The van der Waals surface area contributed by atoms with Crippen LogP contribution in [0, 0.1) is 20.2 Å². The van der Waals surface area contributed by atoms with E-state index in [-0.39, 0.29) is 75.6 Å². The zero-order valence-electron chi connectivity index (χ0n) is 24.8. The van der Waals surface area contributed by atoms with Crippen molar-refractivity contribution in [1.82, 2.24) is 0 Å². The Morgan fingerprint density at radius 2 is 1.40 bits per heavy atom. The number of aliphatic imine (C=N–C) groups is 1. The first-order chi connectivity index (χ1) is 20.9. The monoisotopic (exact) mass is 706 g/mol. The second-order valence-corrected chi connectivity index (χ2v) is 12.2. The molecule has 0 saturated heterocycles. The summed E-state index contributed by atoms with van der Waals surface area (Å²) in [6, 6.07) is 10.1. The van der Waals surface area contributed by atoms with Gasteiger partial charge < -0.3 is 15.1 Å². The van der Waals surface area contributed by atoms with Gasteiger partial charge in [-0.2, -0.15) is 16.8 Å². The first kappa shape index (κ1) is 39.6. The minimum Gasteiger partial charge on any atom is -0.505 e. The van der Waals surface area contributed by atoms with Gasteiger partial charge in [-0.15, -0.1) is 10.2 Å². The zero-order valence-corrected chi connectivity index (χ0v) is 30.5. The molecule has 0 saturated carbocycles. The number of phenolic OH excluding ortho intramolecular Hbond substituents is 2. The fourth-order valence-electron chi connectivity index (χ4n) is 4.00. The van der Waals surface area contributed by atoms with Crippen LogP contribution in [-0.2, 0) is 20.2 Å². The van der Waals surface area contributed by atoms with Gasteiger partial charge in [0, 0.05) is 91.2 Å². The Morgan fingerprint density at radius 1 is 0.787 bits per heavy atom. The fraction of sp³-hybridized carbons (Fsp3) is 0.0800. The Morgan fingerprint density at radius 3 is 1.91 bits per heavy atom. The van der Waals surface area contributed by atoms with Crippen LogP contribution in [-0.4, -0.2) is 125 Å². The van der Waals surface area contributed by atoms with Crippen molar-refractivity contribution in [3.63, 3.8) is 0 Å². The van der Waals surface area contributed by atoms with Gasteiger partial charge in [-0.3, -0.25) is 34.3 Å². The Balaban J connectivity index is 0.00000384. The van der Waals surface area contributed by atoms with E-state index in [1.54, 1.807) is 24.3 Å². The Kier molecular flexibility index (Phi) is 12.7. The van der Waals surface area contributed by atoms with Crippen LogP contribution in [0.15, 0.2) is 79.6 Å². The number of anilines is 1. The number of non-ortho nitro benzene ring substituents is 1. The quantitative estimate of drug-likeness (QED) is 0.0478. The van der Waals surface area contributed by atoms with E-state index in [0.717, 1.165) is 17.8 Å². The molecule has 47 heavy (non-hydrogen) atoms. The number of nitro benzene ring substituents is 2. The van der Waals surface area contributed by atoms with Gasteiger partial charge in [0.25, 0.3) is 25.9 Å². The molecule has 0 aliphatic heterocycles. The molecule has 0 atom stereocenters. The molecule has 0 unspecified atom stereocenters. The van der Waals surface area contributed by atoms with E-state index in [0.29, 0.717) is 23.8 Å². The molecule has 236 valence electrons. The van der Waals surface area contributed by atoms with Crippen LogP contribution < -0.4 is 4.90 Å². The summed E-state index contributed by atoms with van der Waals surface area (Å²) in [6.45, 7) is 0. The Bertz CT molecular complexity index is 2180. The molecule has 4 N–H and O–H groups in total. The summed E-state index contributed by atoms with van der Waals surface area (Å²) in [5.41, 5.74) is -2.90. The van der Waals surface area contributed by atoms with E-state index in [1.165, 1.54) is 6.21 Å². The van der Waals surface area contributed by atoms with Crippen molar-refractivity contribution in [2.24, 2.45) is 15.2 Å². The van der Waals surface area contributed by atoms with Gasteiger partial charge in [-0.05, 0) is 41.3 Å². The predicted octanol–water partition coefficient (Wildman–Crippen LogP) is 4.03. The zero-order chi connectivity index (χ0) is 33.4. The first-order valence-electron chi connectivity index (χ1n) is 12.1. The summed E-state index contributed by atoms with van der Waals surface area (Å²) in [5.74, 6) is -2.24. The molecule has 0 bridgehead atoms. The van der Waals surface area contributed by atoms with E-state index in [9.17, 15) is 56.4 Å². The van der Waals surface area contributed by atoms with Gasteiger partial charge in [0.15, 0.2) is 5.75 Å². The summed E-state index contributed by atoms with van der Waals surface area (Å²) in [6.07, 6.45) is 1.26. The van der Waals surface area contributed by atoms with Gasteiger partial charge in [0.05, 0.1) is 31.9 Å². The number of benzene rings is 4. The minimum atomic E-state index is -5.28. The molecule has 0 fully saturated rings. The van der Waals surface area contributed by atoms with E-state index in [2.05, 4.69) is 15.2 Å². The molecule has 0 aromatic heterocycles. The maximum absolute atomic E-state index is 12.3. The molecular formula is C25H20N6Na2O12S2. The van der Waals surface area contributed by atoms with Crippen LogP contribution in [0.2, 0.25) is 0 Å². The number of rotatable bonds is 9. The molecule has 4 aromatic carbocycles. The summed E-state index contributed by atoms with van der Waals surface area (Å²) < 4.78 is 68.1. The van der Waals surface area contributed by atoms with E-state index >= 15 is 0 Å². The molecule has 4 aromatic rings. The third-order valence-corrected chi connectivity index (χ3v) is 7.86. The number of nitrogens with zero attached hydrogens (tertiary/aromatic N) is 6. The van der Waals surface area contributed by atoms with Gasteiger partial charge in [-0.1, -0.05) is 12.1 Å². The number of fused-ring (bicyclic) bond motifs is 1. The van der Waals surface area contributed by atoms with Crippen LogP contribution in [0.5, 0.6) is 11.5 Å². The number of hydrogen-bond acceptors (Lipinski definition) is 14. The molecule has 0 spiro atoms. The first-order valence-corrected chi connectivity index (χ1v) is 14.9. The Labute approximate surface area is 309 Å². The molecule has 18 nitrogen and oxygen atoms in total. The molecule has 0 aliphatic rings. The summed E-state index contributed by atoms with van der Waals surface area (Å²) in [7, 11) is -6.56. The van der Waals surface area contributed by atoms with Crippen LogP contribution in [0.25, 0.3) is 10.8 Å². The van der Waals surface area contributed by atoms with Gasteiger partial charge in [-0.25, -0.2) is 0 Å². The molecule has 22 heteroatoms. The molecular weight excluding hydrogens is 686 g/mol. The predicted molar refractivity (Wildman–Crippen MR) is 170 cm³/mol. The third kappa shape index (κ3) is 8.87. The van der Waals surface area contributed by atoms with Crippen LogP contribution >= 0.6 is 0 Å². The number of hydrogen-bond donors (Lipinski definition) is 4. The van der Waals surface area contributed by atoms with Crippen molar-refractivity contribution in [3.8, 4) is 11.5 Å². The average Bonchev–Trinajstić information content (AvgIpc) is 2.94. The van der Waals surface area contributed by atoms with E-state index in [1.807, 2.05) is 19.0 Å². The fourth-order valence-corrected chi connectivity index (χ4v) is 5.19. The number of aromatic hydroxyl groups is 2. The number of azo groups is 1. The van der Waals surface area contributed by atoms with Crippen LogP contribution in [0.3, 0.4) is 0 Å². The third-order valence-electron chi connectivity index (χ3n) is 6.16. The number of nitro groups is 2. The van der Waals surface area contributed by atoms with E-state index in [4.69, 9.17) is 0 Å². The molecule has 4 rings (SSSR count). The molecule has 0 amide bonds. The van der Waals surface area contributed by atoms with Crippen molar-refractivity contribution in [2.45, 2.75) is 9.79 Å². The summed E-state index contributed by atoms with van der Waals surface area (Å²) >= 11 is 0. The Hall–Kier alpha value is -3.57. The average molecular weight is 707 g/mol. The maximum atomic E-state index is 12.3. The second kappa shape index (κ2) is 15.1. The summed E-state index contributed by atoms with van der Waals surface area (Å²) in [4.78, 5) is 24.5. The van der Waals surface area contributed by atoms with Crippen molar-refractivity contribution in [2.75, 3.05) is 19.0 Å². The van der Waals surface area contributed by atoms with Crippen molar-refractivity contribution >= 4 is 130 Å². The summed E-state index contributed by atoms with van der Waals surface area (Å²) in [5, 5.41) is 50.2. The standard InChI is InChI=1S/C25H20N6O12S2.2Na/c1-29(2)15-5-3-13(4-6-15)12-26-18-11-17(44(38,39)40)7-14-8-21(45(41,42)43)23(25(33)22(14)18)28-27-19-9-16(30(34)35)10-20(24(19)32)31(36)37;;/h3-12,32-33H,1-2H3,(H,38,39,40)(H,41,42,43);;. The van der Waals surface area contributed by atoms with Crippen LogP contribution in [0.1, 0.15) is 5.56 Å². The molecule has 0 aliphatic carbocycles. The van der Waals surface area contributed by atoms with Gasteiger partial charge in [0.1, 0.15) is 16.3 Å². The van der Waals surface area contributed by atoms with Gasteiger partial charge >= 0.3 is 5.69 Å². The molecule has 2 radical (unpaired) electrons. The maximum Gasteiger partial charge on any atom is 0.319 e. The minimum absolute atomic E-state index is 0. The van der Waals surface area contributed by atoms with Gasteiger partial charge in [0.2, 0.25) is 5.75 Å². The van der Waals surface area contributed by atoms with Crippen LogP contribution in [0.4, 0.5) is 34.1 Å². The van der Waals surface area contributed by atoms with Crippen molar-refractivity contribution in [1.29, 1.82) is 0 Å². The topological polar surface area (TPSA) is 276 Å². The SMILES string of the molecule is CN(C)c1ccc(C=Nc2cc(S(=O)(=O)O)cc3cc(S(=O)(=O)O)c(N=Nc4cc([N+](=O)[O-])cc([N+](=O)[O-])c4O)c(O)c23)cc1.[Na].[Na]. The van der Waals surface area contributed by atoms with Crippen molar-refractivity contribution in [3.05, 3.63) is 80.4 Å².